The highest BCUT2D eigenvalue weighted by molar-refractivity contribution is 7.98. The molecule has 6 rings (SSSR count). The molecule has 14 nitrogen and oxygen atoms in total. The van der Waals surface area contributed by atoms with E-state index >= 15 is 0 Å². The number of ether oxygens (including phenoxy) is 3. The van der Waals surface area contributed by atoms with E-state index in [4.69, 9.17) is 23.0 Å². The number of hydrogen-bond acceptors (Lipinski definition) is 14. The third-order valence-electron chi connectivity index (χ3n) is 6.08. The summed E-state index contributed by atoms with van der Waals surface area (Å²) >= 11 is 2.92. The van der Waals surface area contributed by atoms with Crippen molar-refractivity contribution in [3.63, 3.8) is 0 Å². The van der Waals surface area contributed by atoms with E-state index in [0.29, 0.717) is 46.1 Å². The van der Waals surface area contributed by atoms with E-state index in [1.807, 2.05) is 54.6 Å². The molecule has 0 radical (unpaired) electrons. The van der Waals surface area contributed by atoms with Crippen LogP contribution in [-0.2, 0) is 16.2 Å². The van der Waals surface area contributed by atoms with Gasteiger partial charge in [0.15, 0.2) is 0 Å². The molecular weight excluding hydrogens is 645 g/mol. The van der Waals surface area contributed by atoms with Gasteiger partial charge in [-0.15, -0.1) is 10.2 Å². The van der Waals surface area contributed by atoms with Crippen LogP contribution in [0.5, 0.6) is 11.5 Å². The molecule has 4 aromatic heterocycles. The van der Waals surface area contributed by atoms with Gasteiger partial charge in [0.2, 0.25) is 28.0 Å². The first-order valence-corrected chi connectivity index (χ1v) is 16.2. The third-order valence-corrected chi connectivity index (χ3v) is 7.87. The predicted octanol–water partition coefficient (Wildman–Crippen LogP) is 7.06. The summed E-state index contributed by atoms with van der Waals surface area (Å²) in [5.41, 5.74) is 2.72. The van der Waals surface area contributed by atoms with Crippen LogP contribution in [0.1, 0.15) is 28.8 Å². The van der Waals surface area contributed by atoms with Crippen LogP contribution < -0.4 is 20.1 Å². The van der Waals surface area contributed by atoms with Crippen molar-refractivity contribution in [1.82, 2.24) is 30.4 Å². The third kappa shape index (κ3) is 9.57. The van der Waals surface area contributed by atoms with Crippen molar-refractivity contribution in [3.8, 4) is 11.5 Å². The molecule has 0 bridgehead atoms. The minimum atomic E-state index is -0.468. The number of carbonyl (C=O) groups excluding carboxylic acids is 1. The number of furan rings is 2. The maximum Gasteiger partial charge on any atom is 0.374 e. The average molecular weight is 677 g/mol. The first-order valence-electron chi connectivity index (χ1n) is 14.2. The zero-order valence-corrected chi connectivity index (χ0v) is 27.3. The molecule has 16 heteroatoms. The van der Waals surface area contributed by atoms with Crippen molar-refractivity contribution in [2.75, 3.05) is 31.5 Å². The fourth-order valence-corrected chi connectivity index (χ4v) is 5.33. The number of para-hydroxylation sites is 4. The first kappa shape index (κ1) is 33.0. The minimum absolute atomic E-state index is 0.191. The molecule has 0 fully saturated rings. The van der Waals surface area contributed by atoms with Crippen molar-refractivity contribution >= 4 is 52.8 Å². The lowest BCUT2D eigenvalue weighted by Gasteiger charge is -2.07. The highest BCUT2D eigenvalue weighted by Crippen LogP contribution is 2.28. The van der Waals surface area contributed by atoms with Crippen LogP contribution in [-0.4, -0.2) is 57.2 Å². The Morgan fingerprint density at radius 1 is 0.809 bits per heavy atom. The number of methoxy groups -OCH3 is 2. The molecule has 0 aliphatic carbocycles. The van der Waals surface area contributed by atoms with E-state index in [1.165, 1.54) is 23.5 Å². The van der Waals surface area contributed by atoms with Crippen LogP contribution in [0.2, 0.25) is 0 Å². The van der Waals surface area contributed by atoms with Gasteiger partial charge in [-0.25, -0.2) is 15.0 Å². The van der Waals surface area contributed by atoms with Gasteiger partial charge >= 0.3 is 5.97 Å². The van der Waals surface area contributed by atoms with Crippen LogP contribution in [0.15, 0.2) is 98.4 Å². The highest BCUT2D eigenvalue weighted by atomic mass is 32.2. The van der Waals surface area contributed by atoms with Gasteiger partial charge in [0, 0.05) is 11.3 Å². The monoisotopic (exact) mass is 676 g/mol. The zero-order chi connectivity index (χ0) is 32.8. The molecule has 0 saturated carbocycles. The SMILES string of the molecule is CCOC(=O)c1ccc(CSc2n[nH]c(Nc3ccccc3OC)n2)o1.COc1ccccc1Nc1nc(SCc2ccoc2)n[nH]1. The number of aromatic amines is 2. The Kier molecular flexibility index (Phi) is 11.8. The number of nitrogens with zero attached hydrogens (tertiary/aromatic N) is 4. The maximum atomic E-state index is 11.6. The molecule has 0 aliphatic heterocycles. The standard InChI is InChI=1S/C17H18N4O4S.C14H14N4O2S/c1-3-24-15(22)14-9-8-11(25-14)10-26-17-19-16(20-21-17)18-12-6-4-5-7-13(12)23-2;1-19-12-5-3-2-4-11(12)15-13-16-14(18-17-13)21-9-10-6-7-20-8-10/h4-9H,3,10H2,1-2H3,(H2,18,19,20,21);2-8H,9H2,1H3,(H2,15,16,17,18). The van der Waals surface area contributed by atoms with Gasteiger partial charge in [0.05, 0.1) is 50.5 Å². The molecule has 4 N–H and O–H groups in total. The second kappa shape index (κ2) is 16.8. The molecule has 0 aliphatic rings. The van der Waals surface area contributed by atoms with Gasteiger partial charge < -0.3 is 33.7 Å². The zero-order valence-electron chi connectivity index (χ0n) is 25.7. The van der Waals surface area contributed by atoms with Crippen molar-refractivity contribution < 1.29 is 27.8 Å². The summed E-state index contributed by atoms with van der Waals surface area (Å²) in [5.74, 6) is 4.16. The number of thioether (sulfide) groups is 2. The van der Waals surface area contributed by atoms with Crippen LogP contribution >= 0.6 is 23.5 Å². The number of H-pyrrole nitrogens is 2. The van der Waals surface area contributed by atoms with E-state index in [-0.39, 0.29) is 5.76 Å². The molecular formula is C31H32N8O6S2. The Morgan fingerprint density at radius 3 is 1.96 bits per heavy atom. The Hall–Kier alpha value is -5.35. The van der Waals surface area contributed by atoms with Crippen molar-refractivity contribution in [2.45, 2.75) is 28.7 Å². The Bertz CT molecular complexity index is 1840. The molecule has 47 heavy (non-hydrogen) atoms. The van der Waals surface area contributed by atoms with Gasteiger partial charge in [-0.05, 0) is 49.4 Å². The van der Waals surface area contributed by atoms with Gasteiger partial charge in [0.25, 0.3) is 0 Å². The minimum Gasteiger partial charge on any atom is -0.495 e. The molecule has 4 heterocycles. The first-order chi connectivity index (χ1) is 23.0. The molecule has 0 saturated heterocycles. The van der Waals surface area contributed by atoms with Crippen molar-refractivity contribution in [3.05, 3.63) is 96.3 Å². The number of anilines is 4. The van der Waals surface area contributed by atoms with E-state index in [1.54, 1.807) is 45.8 Å². The highest BCUT2D eigenvalue weighted by Gasteiger charge is 2.14. The van der Waals surface area contributed by atoms with E-state index in [2.05, 4.69) is 41.0 Å². The van der Waals surface area contributed by atoms with Gasteiger partial charge in [0.1, 0.15) is 17.3 Å². The second-order valence-corrected chi connectivity index (χ2v) is 11.2. The van der Waals surface area contributed by atoms with Gasteiger partial charge in [-0.3, -0.25) is 0 Å². The lowest BCUT2D eigenvalue weighted by Crippen LogP contribution is -2.02. The summed E-state index contributed by atoms with van der Waals surface area (Å²) in [4.78, 5) is 20.3. The van der Waals surface area contributed by atoms with Crippen LogP contribution in [0.3, 0.4) is 0 Å². The topological polar surface area (TPSA) is 178 Å². The normalized spacial score (nSPS) is 10.5. The molecule has 0 atom stereocenters. The van der Waals surface area contributed by atoms with E-state index in [9.17, 15) is 4.79 Å². The fourth-order valence-electron chi connectivity index (χ4n) is 3.91. The maximum absolute atomic E-state index is 11.6. The molecule has 0 unspecified atom stereocenters. The molecule has 2 aromatic carbocycles. The number of nitrogens with one attached hydrogen (secondary N) is 4. The Morgan fingerprint density at radius 2 is 1.40 bits per heavy atom. The quantitative estimate of drug-likeness (QED) is 0.0680. The molecule has 0 spiro atoms. The summed E-state index contributed by atoms with van der Waals surface area (Å²) in [5, 5.41) is 21.5. The second-order valence-electron chi connectivity index (χ2n) is 9.28. The Balaban J connectivity index is 0.000000189. The van der Waals surface area contributed by atoms with E-state index < -0.39 is 5.97 Å². The van der Waals surface area contributed by atoms with E-state index in [0.717, 1.165) is 28.4 Å². The van der Waals surface area contributed by atoms with Crippen LogP contribution in [0.25, 0.3) is 0 Å². The fraction of sp³-hybridized carbons (Fsp3) is 0.194. The molecule has 6 aromatic rings. The number of hydrogen-bond donors (Lipinski definition) is 4. The summed E-state index contributed by atoms with van der Waals surface area (Å²) < 4.78 is 25.9. The average Bonchev–Trinajstić information content (AvgIpc) is 3.93. The number of aromatic nitrogens is 6. The van der Waals surface area contributed by atoms with Gasteiger partial charge in [-0.2, -0.15) is 9.97 Å². The number of rotatable bonds is 14. The summed E-state index contributed by atoms with van der Waals surface area (Å²) in [6.07, 6.45) is 3.37. The predicted molar refractivity (Wildman–Crippen MR) is 178 cm³/mol. The number of benzene rings is 2. The molecule has 244 valence electrons. The Labute approximate surface area is 278 Å². The van der Waals surface area contributed by atoms with Crippen LogP contribution in [0, 0.1) is 0 Å². The lowest BCUT2D eigenvalue weighted by atomic mass is 10.3. The number of esters is 1. The number of carbonyl (C=O) groups is 1. The lowest BCUT2D eigenvalue weighted by molar-refractivity contribution is 0.0488. The summed E-state index contributed by atoms with van der Waals surface area (Å²) in [7, 11) is 3.24. The van der Waals surface area contributed by atoms with Crippen LogP contribution in [0.4, 0.5) is 23.3 Å². The largest absolute Gasteiger partial charge is 0.495 e. The van der Waals surface area contributed by atoms with Gasteiger partial charge in [-0.1, -0.05) is 47.8 Å². The van der Waals surface area contributed by atoms with Crippen molar-refractivity contribution in [2.24, 2.45) is 0 Å². The summed E-state index contributed by atoms with van der Waals surface area (Å²) in [6.45, 7) is 2.06. The molecule has 0 amide bonds. The summed E-state index contributed by atoms with van der Waals surface area (Å²) in [6, 6.07) is 20.4. The van der Waals surface area contributed by atoms with Crippen molar-refractivity contribution in [1.29, 1.82) is 0 Å². The smallest absolute Gasteiger partial charge is 0.374 e.